The van der Waals surface area contributed by atoms with Gasteiger partial charge in [0.05, 0.1) is 18.0 Å². The minimum Gasteiger partial charge on any atom is -0.492 e. The summed E-state index contributed by atoms with van der Waals surface area (Å²) in [6.07, 6.45) is 2.10. The molecule has 0 fully saturated rings. The first-order valence-electron chi connectivity index (χ1n) is 5.45. The molecule has 1 aromatic rings. The van der Waals surface area contributed by atoms with Gasteiger partial charge in [-0.25, -0.2) is 0 Å². The Kier molecular flexibility index (Phi) is 5.32. The quantitative estimate of drug-likeness (QED) is 0.751. The van der Waals surface area contributed by atoms with Crippen molar-refractivity contribution in [3.8, 4) is 5.75 Å². The van der Waals surface area contributed by atoms with Crippen LogP contribution in [-0.4, -0.2) is 24.7 Å². The van der Waals surface area contributed by atoms with Gasteiger partial charge in [0.25, 0.3) is 0 Å². The molecule has 3 N–H and O–H groups in total. The zero-order chi connectivity index (χ0) is 12.0. The molecule has 4 heteroatoms. The Morgan fingerprint density at radius 2 is 2.25 bits per heavy atom. The molecule has 3 nitrogen and oxygen atoms in total. The van der Waals surface area contributed by atoms with Crippen molar-refractivity contribution in [2.75, 3.05) is 29.7 Å². The molecule has 90 valence electrons. The summed E-state index contributed by atoms with van der Waals surface area (Å²) in [7, 11) is 0. The number of rotatable bonds is 6. The highest BCUT2D eigenvalue weighted by Crippen LogP contribution is 2.29. The first-order valence-corrected chi connectivity index (χ1v) is 6.85. The van der Waals surface area contributed by atoms with Crippen LogP contribution in [0.3, 0.4) is 0 Å². The van der Waals surface area contributed by atoms with Crippen LogP contribution in [0.1, 0.15) is 13.8 Å². The topological polar surface area (TPSA) is 47.3 Å². The Morgan fingerprint density at radius 3 is 2.88 bits per heavy atom. The number of thioether (sulfide) groups is 1. The van der Waals surface area contributed by atoms with Crippen LogP contribution >= 0.6 is 11.8 Å². The number of benzene rings is 1. The predicted octanol–water partition coefficient (Wildman–Crippen LogP) is 2.83. The summed E-state index contributed by atoms with van der Waals surface area (Å²) in [6.45, 7) is 4.73. The van der Waals surface area contributed by atoms with E-state index in [1.165, 1.54) is 0 Å². The molecular formula is C12H20N2OS. The molecule has 1 rings (SSSR count). The van der Waals surface area contributed by atoms with E-state index < -0.39 is 0 Å². The van der Waals surface area contributed by atoms with Crippen molar-refractivity contribution in [2.45, 2.75) is 19.9 Å². The largest absolute Gasteiger partial charge is 0.492 e. The highest BCUT2D eigenvalue weighted by molar-refractivity contribution is 7.98. The third kappa shape index (κ3) is 3.52. The minimum absolute atomic E-state index is 0.397. The SMILES string of the molecule is CCOc1cccc(NC(C)CSC)c1N. The van der Waals surface area contributed by atoms with Gasteiger partial charge in [-0.2, -0.15) is 11.8 Å². The summed E-state index contributed by atoms with van der Waals surface area (Å²) in [5, 5.41) is 3.38. The summed E-state index contributed by atoms with van der Waals surface area (Å²) in [5.74, 6) is 1.81. The maximum Gasteiger partial charge on any atom is 0.144 e. The fourth-order valence-electron chi connectivity index (χ4n) is 1.51. The van der Waals surface area contributed by atoms with Crippen LogP contribution in [0.2, 0.25) is 0 Å². The van der Waals surface area contributed by atoms with Gasteiger partial charge in [-0.15, -0.1) is 0 Å². The second-order valence-electron chi connectivity index (χ2n) is 3.65. The Balaban J connectivity index is 2.76. The Morgan fingerprint density at radius 1 is 1.50 bits per heavy atom. The van der Waals surface area contributed by atoms with Crippen molar-refractivity contribution >= 4 is 23.1 Å². The molecule has 0 aromatic heterocycles. The van der Waals surface area contributed by atoms with Crippen molar-refractivity contribution in [1.82, 2.24) is 0 Å². The molecule has 1 aromatic carbocycles. The maximum atomic E-state index is 6.02. The lowest BCUT2D eigenvalue weighted by molar-refractivity contribution is 0.342. The second kappa shape index (κ2) is 6.53. The van der Waals surface area contributed by atoms with Crippen LogP contribution in [-0.2, 0) is 0 Å². The van der Waals surface area contributed by atoms with E-state index in [1.54, 1.807) is 0 Å². The Bertz CT molecular complexity index is 331. The van der Waals surface area contributed by atoms with E-state index in [0.717, 1.165) is 17.2 Å². The van der Waals surface area contributed by atoms with Gasteiger partial charge in [-0.05, 0) is 32.2 Å². The van der Waals surface area contributed by atoms with Crippen LogP contribution < -0.4 is 15.8 Å². The van der Waals surface area contributed by atoms with Gasteiger partial charge in [0, 0.05) is 11.8 Å². The second-order valence-corrected chi connectivity index (χ2v) is 4.56. The average Bonchev–Trinajstić information content (AvgIpc) is 2.24. The monoisotopic (exact) mass is 240 g/mol. The smallest absolute Gasteiger partial charge is 0.144 e. The summed E-state index contributed by atoms with van der Waals surface area (Å²) in [5.41, 5.74) is 7.66. The fourth-order valence-corrected chi connectivity index (χ4v) is 2.09. The minimum atomic E-state index is 0.397. The van der Waals surface area contributed by atoms with Crippen LogP contribution in [0.15, 0.2) is 18.2 Å². The van der Waals surface area contributed by atoms with Crippen molar-refractivity contribution in [1.29, 1.82) is 0 Å². The third-order valence-corrected chi connectivity index (χ3v) is 3.02. The molecule has 0 aliphatic heterocycles. The van der Waals surface area contributed by atoms with Crippen LogP contribution in [0.4, 0.5) is 11.4 Å². The van der Waals surface area contributed by atoms with E-state index in [4.69, 9.17) is 10.5 Å². The summed E-state index contributed by atoms with van der Waals surface area (Å²) < 4.78 is 5.45. The van der Waals surface area contributed by atoms with Gasteiger partial charge >= 0.3 is 0 Å². The molecule has 0 bridgehead atoms. The summed E-state index contributed by atoms with van der Waals surface area (Å²) >= 11 is 1.81. The van der Waals surface area contributed by atoms with E-state index >= 15 is 0 Å². The van der Waals surface area contributed by atoms with Gasteiger partial charge in [0.2, 0.25) is 0 Å². The van der Waals surface area contributed by atoms with E-state index in [9.17, 15) is 0 Å². The number of hydrogen-bond acceptors (Lipinski definition) is 4. The highest BCUT2D eigenvalue weighted by Gasteiger charge is 2.07. The number of para-hydroxylation sites is 1. The average molecular weight is 240 g/mol. The van der Waals surface area contributed by atoms with Gasteiger partial charge in [0.15, 0.2) is 0 Å². The molecule has 0 saturated carbocycles. The van der Waals surface area contributed by atoms with E-state index in [0.29, 0.717) is 18.3 Å². The normalized spacial score (nSPS) is 12.2. The molecule has 0 heterocycles. The van der Waals surface area contributed by atoms with Gasteiger partial charge < -0.3 is 15.8 Å². The summed E-state index contributed by atoms with van der Waals surface area (Å²) in [6, 6.07) is 6.22. The van der Waals surface area contributed by atoms with Gasteiger partial charge in [0.1, 0.15) is 5.75 Å². The number of nitrogens with two attached hydrogens (primary N) is 1. The Hall–Kier alpha value is -1.03. The highest BCUT2D eigenvalue weighted by atomic mass is 32.2. The van der Waals surface area contributed by atoms with Crippen LogP contribution in [0, 0.1) is 0 Å². The number of ether oxygens (including phenoxy) is 1. The lowest BCUT2D eigenvalue weighted by Crippen LogP contribution is -2.18. The Labute approximate surface area is 102 Å². The predicted molar refractivity (Wildman–Crippen MR) is 73.5 cm³/mol. The molecule has 0 saturated heterocycles. The van der Waals surface area contributed by atoms with Crippen molar-refractivity contribution in [2.24, 2.45) is 0 Å². The molecular weight excluding hydrogens is 220 g/mol. The van der Waals surface area contributed by atoms with Crippen molar-refractivity contribution < 1.29 is 4.74 Å². The molecule has 0 radical (unpaired) electrons. The molecule has 0 aliphatic rings. The molecule has 1 atom stereocenters. The van der Waals surface area contributed by atoms with Gasteiger partial charge in [-0.3, -0.25) is 0 Å². The number of anilines is 2. The first-order chi connectivity index (χ1) is 7.69. The van der Waals surface area contributed by atoms with E-state index in [2.05, 4.69) is 18.5 Å². The van der Waals surface area contributed by atoms with Crippen LogP contribution in [0.25, 0.3) is 0 Å². The number of nitrogen functional groups attached to an aromatic ring is 1. The molecule has 0 spiro atoms. The number of hydrogen-bond donors (Lipinski definition) is 2. The van der Waals surface area contributed by atoms with Crippen molar-refractivity contribution in [3.05, 3.63) is 18.2 Å². The lowest BCUT2D eigenvalue weighted by Gasteiger charge is -2.17. The summed E-state index contributed by atoms with van der Waals surface area (Å²) in [4.78, 5) is 0. The lowest BCUT2D eigenvalue weighted by atomic mass is 10.2. The maximum absolute atomic E-state index is 6.02. The van der Waals surface area contributed by atoms with Crippen LogP contribution in [0.5, 0.6) is 5.75 Å². The zero-order valence-corrected chi connectivity index (χ0v) is 10.9. The zero-order valence-electron chi connectivity index (χ0n) is 10.1. The molecule has 0 amide bonds. The van der Waals surface area contributed by atoms with Crippen molar-refractivity contribution in [3.63, 3.8) is 0 Å². The number of nitrogens with one attached hydrogen (secondary N) is 1. The van der Waals surface area contributed by atoms with E-state index in [-0.39, 0.29) is 0 Å². The molecule has 0 aliphatic carbocycles. The van der Waals surface area contributed by atoms with E-state index in [1.807, 2.05) is 36.9 Å². The molecule has 16 heavy (non-hydrogen) atoms. The molecule has 1 unspecified atom stereocenters. The van der Waals surface area contributed by atoms with Gasteiger partial charge in [-0.1, -0.05) is 6.07 Å². The standard InChI is InChI=1S/C12H20N2OS/c1-4-15-11-7-5-6-10(12(11)13)14-9(2)8-16-3/h5-7,9,14H,4,8,13H2,1-3H3. The fraction of sp³-hybridized carbons (Fsp3) is 0.500. The first kappa shape index (κ1) is 13.0. The third-order valence-electron chi connectivity index (χ3n) is 2.18.